The SMILES string of the molecule is COC1(CC(=O)NC2CC2)CCC1. The molecule has 3 heteroatoms. The predicted molar refractivity (Wildman–Crippen MR) is 49.4 cm³/mol. The number of amides is 1. The minimum atomic E-state index is -0.112. The van der Waals surface area contributed by atoms with Crippen molar-refractivity contribution in [2.24, 2.45) is 0 Å². The second kappa shape index (κ2) is 3.29. The number of carbonyl (C=O) groups excluding carboxylic acids is 1. The first-order valence-corrected chi connectivity index (χ1v) is 5.09. The molecule has 2 aliphatic carbocycles. The molecule has 2 saturated carbocycles. The zero-order valence-electron chi connectivity index (χ0n) is 8.14. The van der Waals surface area contributed by atoms with Gasteiger partial charge in [0.15, 0.2) is 0 Å². The fourth-order valence-electron chi connectivity index (χ4n) is 1.82. The number of methoxy groups -OCH3 is 1. The van der Waals surface area contributed by atoms with E-state index in [4.69, 9.17) is 4.74 Å². The van der Waals surface area contributed by atoms with Crippen LogP contribution >= 0.6 is 0 Å². The maximum absolute atomic E-state index is 11.5. The van der Waals surface area contributed by atoms with E-state index >= 15 is 0 Å². The molecule has 13 heavy (non-hydrogen) atoms. The maximum Gasteiger partial charge on any atom is 0.223 e. The Kier molecular flexibility index (Phi) is 2.28. The summed E-state index contributed by atoms with van der Waals surface area (Å²) < 4.78 is 5.39. The third-order valence-corrected chi connectivity index (χ3v) is 3.12. The number of rotatable bonds is 4. The van der Waals surface area contributed by atoms with Crippen molar-refractivity contribution in [1.82, 2.24) is 5.32 Å². The van der Waals surface area contributed by atoms with Crippen molar-refractivity contribution in [2.75, 3.05) is 7.11 Å². The third kappa shape index (κ3) is 2.02. The van der Waals surface area contributed by atoms with Crippen molar-refractivity contribution in [3.8, 4) is 0 Å². The molecule has 0 unspecified atom stereocenters. The van der Waals surface area contributed by atoms with Crippen LogP contribution in [-0.4, -0.2) is 24.7 Å². The lowest BCUT2D eigenvalue weighted by Crippen LogP contribution is -2.44. The summed E-state index contributed by atoms with van der Waals surface area (Å²) in [5, 5.41) is 2.99. The molecule has 0 radical (unpaired) electrons. The van der Waals surface area contributed by atoms with Gasteiger partial charge in [0.25, 0.3) is 0 Å². The van der Waals surface area contributed by atoms with Gasteiger partial charge in [-0.1, -0.05) is 0 Å². The fourth-order valence-corrected chi connectivity index (χ4v) is 1.82. The van der Waals surface area contributed by atoms with Gasteiger partial charge in [0, 0.05) is 13.2 Å². The van der Waals surface area contributed by atoms with Gasteiger partial charge in [0.2, 0.25) is 5.91 Å². The number of carbonyl (C=O) groups is 1. The van der Waals surface area contributed by atoms with Crippen LogP contribution in [0.4, 0.5) is 0 Å². The zero-order chi connectivity index (χ0) is 9.31. The molecule has 0 aromatic carbocycles. The molecule has 0 bridgehead atoms. The standard InChI is InChI=1S/C10H17NO2/c1-13-10(5-2-6-10)7-9(12)11-8-3-4-8/h8H,2-7H2,1H3,(H,11,12). The van der Waals surface area contributed by atoms with Crippen LogP contribution in [0.5, 0.6) is 0 Å². The van der Waals surface area contributed by atoms with E-state index in [0.29, 0.717) is 12.5 Å². The molecule has 1 amide bonds. The van der Waals surface area contributed by atoms with Crippen LogP contribution in [0.3, 0.4) is 0 Å². The van der Waals surface area contributed by atoms with Crippen LogP contribution in [0.1, 0.15) is 38.5 Å². The third-order valence-electron chi connectivity index (χ3n) is 3.12. The highest BCUT2D eigenvalue weighted by atomic mass is 16.5. The highest BCUT2D eigenvalue weighted by Crippen LogP contribution is 2.38. The van der Waals surface area contributed by atoms with Gasteiger partial charge in [-0.3, -0.25) is 4.79 Å². The van der Waals surface area contributed by atoms with Crippen molar-refractivity contribution in [3.05, 3.63) is 0 Å². The second-order valence-electron chi connectivity index (χ2n) is 4.26. The average Bonchev–Trinajstić information content (AvgIpc) is 2.80. The molecule has 74 valence electrons. The van der Waals surface area contributed by atoms with Crippen molar-refractivity contribution in [3.63, 3.8) is 0 Å². The van der Waals surface area contributed by atoms with E-state index in [9.17, 15) is 4.79 Å². The molecule has 2 fully saturated rings. The van der Waals surface area contributed by atoms with Crippen molar-refractivity contribution in [1.29, 1.82) is 0 Å². The van der Waals surface area contributed by atoms with Gasteiger partial charge in [-0.25, -0.2) is 0 Å². The molecule has 1 N–H and O–H groups in total. The van der Waals surface area contributed by atoms with Gasteiger partial charge in [-0.15, -0.1) is 0 Å². The van der Waals surface area contributed by atoms with E-state index in [1.807, 2.05) is 0 Å². The summed E-state index contributed by atoms with van der Waals surface area (Å²) in [6, 6.07) is 0.474. The summed E-state index contributed by atoms with van der Waals surface area (Å²) in [7, 11) is 1.71. The molecule has 2 aliphatic rings. The minimum Gasteiger partial charge on any atom is -0.378 e. The molecule has 3 nitrogen and oxygen atoms in total. The summed E-state index contributed by atoms with van der Waals surface area (Å²) in [5.74, 6) is 0.170. The Hall–Kier alpha value is -0.570. The largest absolute Gasteiger partial charge is 0.378 e. The van der Waals surface area contributed by atoms with Gasteiger partial charge in [-0.2, -0.15) is 0 Å². The summed E-state index contributed by atoms with van der Waals surface area (Å²) in [6.45, 7) is 0. The summed E-state index contributed by atoms with van der Waals surface area (Å²) in [5.41, 5.74) is -0.112. The molecule has 0 heterocycles. The minimum absolute atomic E-state index is 0.112. The second-order valence-corrected chi connectivity index (χ2v) is 4.26. The van der Waals surface area contributed by atoms with Crippen LogP contribution in [0.2, 0.25) is 0 Å². The van der Waals surface area contributed by atoms with Crippen LogP contribution in [0.25, 0.3) is 0 Å². The fraction of sp³-hybridized carbons (Fsp3) is 0.900. The molecular formula is C10H17NO2. The Morgan fingerprint density at radius 2 is 2.23 bits per heavy atom. The lowest BCUT2D eigenvalue weighted by Gasteiger charge is -2.39. The monoisotopic (exact) mass is 183 g/mol. The van der Waals surface area contributed by atoms with E-state index in [1.165, 1.54) is 6.42 Å². The van der Waals surface area contributed by atoms with Crippen molar-refractivity contribution in [2.45, 2.75) is 50.2 Å². The Labute approximate surface area is 78.8 Å². The van der Waals surface area contributed by atoms with Gasteiger partial charge >= 0.3 is 0 Å². The number of hydrogen-bond donors (Lipinski definition) is 1. The molecule has 2 rings (SSSR count). The molecule has 0 aromatic rings. The summed E-state index contributed by atoms with van der Waals surface area (Å²) in [6.07, 6.45) is 6.16. The van der Waals surface area contributed by atoms with Gasteiger partial charge in [-0.05, 0) is 32.1 Å². The van der Waals surface area contributed by atoms with Crippen LogP contribution < -0.4 is 5.32 Å². The van der Waals surface area contributed by atoms with Gasteiger partial charge < -0.3 is 10.1 Å². The first kappa shape index (κ1) is 9.00. The smallest absolute Gasteiger partial charge is 0.223 e. The maximum atomic E-state index is 11.5. The summed E-state index contributed by atoms with van der Waals surface area (Å²) in [4.78, 5) is 11.5. The Morgan fingerprint density at radius 3 is 2.62 bits per heavy atom. The van der Waals surface area contributed by atoms with E-state index in [-0.39, 0.29) is 11.5 Å². The first-order valence-electron chi connectivity index (χ1n) is 5.09. The Bertz CT molecular complexity index is 201. The first-order chi connectivity index (χ1) is 6.24. The lowest BCUT2D eigenvalue weighted by atomic mass is 9.77. The van der Waals surface area contributed by atoms with Crippen LogP contribution in [0, 0.1) is 0 Å². The van der Waals surface area contributed by atoms with E-state index < -0.39 is 0 Å². The molecule has 0 spiro atoms. The number of nitrogens with one attached hydrogen (secondary N) is 1. The topological polar surface area (TPSA) is 38.3 Å². The van der Waals surface area contributed by atoms with Gasteiger partial charge in [0.1, 0.15) is 0 Å². The predicted octanol–water partition coefficient (Wildman–Crippen LogP) is 1.22. The molecule has 0 saturated heterocycles. The number of ether oxygens (including phenoxy) is 1. The Balaban J connectivity index is 1.77. The van der Waals surface area contributed by atoms with E-state index in [1.54, 1.807) is 7.11 Å². The van der Waals surface area contributed by atoms with Crippen LogP contribution in [-0.2, 0) is 9.53 Å². The molecule has 0 aliphatic heterocycles. The zero-order valence-corrected chi connectivity index (χ0v) is 8.14. The highest BCUT2D eigenvalue weighted by Gasteiger charge is 2.39. The average molecular weight is 183 g/mol. The number of hydrogen-bond acceptors (Lipinski definition) is 2. The highest BCUT2D eigenvalue weighted by molar-refractivity contribution is 5.77. The van der Waals surface area contributed by atoms with Crippen molar-refractivity contribution < 1.29 is 9.53 Å². The molecular weight excluding hydrogens is 166 g/mol. The Morgan fingerprint density at radius 1 is 1.54 bits per heavy atom. The summed E-state index contributed by atoms with van der Waals surface area (Å²) >= 11 is 0. The van der Waals surface area contributed by atoms with Crippen molar-refractivity contribution >= 4 is 5.91 Å². The molecule has 0 atom stereocenters. The van der Waals surface area contributed by atoms with Crippen LogP contribution in [0.15, 0.2) is 0 Å². The van der Waals surface area contributed by atoms with Gasteiger partial charge in [0.05, 0.1) is 12.0 Å². The normalized spacial score (nSPS) is 25.0. The van der Waals surface area contributed by atoms with E-state index in [2.05, 4.69) is 5.32 Å². The lowest BCUT2D eigenvalue weighted by molar-refractivity contribution is -0.134. The molecule has 0 aromatic heterocycles. The quantitative estimate of drug-likeness (QED) is 0.711. The van der Waals surface area contributed by atoms with E-state index in [0.717, 1.165) is 25.7 Å².